The third-order valence-electron chi connectivity index (χ3n) is 7.95. The molecule has 40 heavy (non-hydrogen) atoms. The first kappa shape index (κ1) is 26.4. The standard InChI is InChI=1S/C31H35FN6O2/c1-19-13-23(17-38(16-19)18-24-25(32)5-3-7-28(24)40-2)34-29(39)8-4-6-27-30(20-9-10-20)31(37-36-27)21-11-12-26-22(14-21)15-33-35-26/h3-7,11-12,14-15,19-20,23H,8-10,13,16-18H2,1-2H3,(H,33,35)(H,34,39)(H,36,37)/p+1/b6-4-/t19-,23?/m1/s1. The molecule has 8 nitrogen and oxygen atoms in total. The Labute approximate surface area is 233 Å². The van der Waals surface area contributed by atoms with E-state index in [0.717, 1.165) is 53.3 Å². The number of carbonyl (C=O) groups excluding carboxylic acids is 1. The minimum Gasteiger partial charge on any atom is -0.496 e. The first-order valence-electron chi connectivity index (χ1n) is 14.1. The van der Waals surface area contributed by atoms with Gasteiger partial charge in [0.15, 0.2) is 0 Å². The van der Waals surface area contributed by atoms with Crippen molar-refractivity contribution >= 4 is 18.2 Å². The predicted molar refractivity (Wildman–Crippen MR) is 151 cm³/mol. The number of piperidine rings is 1. The van der Waals surface area contributed by atoms with E-state index in [1.54, 1.807) is 19.2 Å². The van der Waals surface area contributed by atoms with E-state index < -0.39 is 0 Å². The lowest BCUT2D eigenvalue weighted by atomic mass is 9.95. The van der Waals surface area contributed by atoms with Gasteiger partial charge < -0.3 is 10.1 Å². The minimum absolute atomic E-state index is 0.0133. The van der Waals surface area contributed by atoms with Crippen LogP contribution in [-0.2, 0) is 11.3 Å². The number of quaternary nitrogens is 1. The number of H-pyrrole nitrogens is 1. The zero-order chi connectivity index (χ0) is 27.6. The number of benzene rings is 2. The fourth-order valence-electron chi connectivity index (χ4n) is 6.02. The molecule has 1 aliphatic carbocycles. The van der Waals surface area contributed by atoms with Crippen LogP contribution in [0.3, 0.4) is 0 Å². The van der Waals surface area contributed by atoms with Crippen molar-refractivity contribution < 1.29 is 19.3 Å². The highest BCUT2D eigenvalue weighted by Gasteiger charge is 2.31. The third kappa shape index (κ3) is 5.71. The van der Waals surface area contributed by atoms with Crippen molar-refractivity contribution in [3.63, 3.8) is 0 Å². The number of ether oxygens (including phenoxy) is 1. The van der Waals surface area contributed by atoms with E-state index in [4.69, 9.17) is 4.74 Å². The number of aromatic amines is 1. The van der Waals surface area contributed by atoms with E-state index in [0.29, 0.717) is 36.2 Å². The number of hydrogen-bond acceptors (Lipinski definition) is 5. The van der Waals surface area contributed by atoms with Gasteiger partial charge in [-0.15, -0.1) is 0 Å². The van der Waals surface area contributed by atoms with Crippen molar-refractivity contribution in [1.82, 2.24) is 20.4 Å². The summed E-state index contributed by atoms with van der Waals surface area (Å²) in [5, 5.41) is 17.5. The summed E-state index contributed by atoms with van der Waals surface area (Å²) in [6, 6.07) is 11.2. The van der Waals surface area contributed by atoms with Gasteiger partial charge in [-0.25, -0.2) is 4.39 Å². The summed E-state index contributed by atoms with van der Waals surface area (Å²) in [6.45, 7) is 4.15. The number of methoxy groups -OCH3 is 1. The Morgan fingerprint density at radius 1 is 1.27 bits per heavy atom. The summed E-state index contributed by atoms with van der Waals surface area (Å²) < 4.78 is 19.9. The van der Waals surface area contributed by atoms with Crippen LogP contribution in [0.25, 0.3) is 23.5 Å². The van der Waals surface area contributed by atoms with Gasteiger partial charge in [-0.2, -0.15) is 10.5 Å². The summed E-state index contributed by atoms with van der Waals surface area (Å²) in [4.78, 5) is 15.1. The molecule has 1 unspecified atom stereocenters. The van der Waals surface area contributed by atoms with Gasteiger partial charge in [0.05, 0.1) is 23.7 Å². The average molecular weight is 544 g/mol. The Bertz CT molecular complexity index is 1560. The highest BCUT2D eigenvalue weighted by molar-refractivity contribution is 5.79. The molecule has 1 saturated heterocycles. The third-order valence-corrected chi connectivity index (χ3v) is 7.95. The number of fused-ring (bicyclic) bond motifs is 1. The van der Waals surface area contributed by atoms with Gasteiger partial charge in [0, 0.05) is 48.8 Å². The second-order valence-corrected chi connectivity index (χ2v) is 11.2. The SMILES string of the molecule is COc1cccc(F)c1CN1CC(NC(=O)C/C=C\c2[nH]nc(-c3ccc4c(c3)=C[NH2+]N=4)c2C2CC2)C[C@@H](C)C1. The quantitative estimate of drug-likeness (QED) is 0.361. The highest BCUT2D eigenvalue weighted by Crippen LogP contribution is 2.45. The number of halogens is 1. The molecule has 4 N–H and O–H groups in total. The van der Waals surface area contributed by atoms with Crippen LogP contribution >= 0.6 is 0 Å². The molecule has 6 rings (SSSR count). The van der Waals surface area contributed by atoms with Crippen LogP contribution in [-0.4, -0.2) is 47.2 Å². The summed E-state index contributed by atoms with van der Waals surface area (Å²) in [6.07, 6.45) is 9.43. The number of hydrogen-bond donors (Lipinski definition) is 3. The number of nitrogens with two attached hydrogens (primary N) is 1. The van der Waals surface area contributed by atoms with Crippen molar-refractivity contribution in [3.8, 4) is 17.0 Å². The molecule has 9 heteroatoms. The highest BCUT2D eigenvalue weighted by atomic mass is 19.1. The number of nitrogens with one attached hydrogen (secondary N) is 2. The van der Waals surface area contributed by atoms with E-state index in [1.165, 1.54) is 11.6 Å². The van der Waals surface area contributed by atoms with E-state index in [1.807, 2.05) is 29.8 Å². The van der Waals surface area contributed by atoms with Crippen molar-refractivity contribution in [2.45, 2.75) is 51.1 Å². The molecule has 208 valence electrons. The van der Waals surface area contributed by atoms with Crippen molar-refractivity contribution in [2.75, 3.05) is 20.2 Å². The molecule has 0 bridgehead atoms. The van der Waals surface area contributed by atoms with Crippen LogP contribution in [0, 0.1) is 11.7 Å². The molecule has 0 spiro atoms. The predicted octanol–water partition coefficient (Wildman–Crippen LogP) is 2.38. The minimum atomic E-state index is -0.264. The maximum absolute atomic E-state index is 14.5. The molecule has 3 aromatic rings. The lowest BCUT2D eigenvalue weighted by molar-refractivity contribution is -0.559. The normalized spacial score (nSPS) is 20.7. The molecule has 3 heterocycles. The Morgan fingerprint density at radius 3 is 2.98 bits per heavy atom. The molecule has 1 amide bonds. The smallest absolute Gasteiger partial charge is 0.224 e. The van der Waals surface area contributed by atoms with Crippen LogP contribution < -0.4 is 26.1 Å². The van der Waals surface area contributed by atoms with Gasteiger partial charge in [-0.3, -0.25) is 14.8 Å². The summed E-state index contributed by atoms with van der Waals surface area (Å²) in [5.41, 5.74) is 6.66. The van der Waals surface area contributed by atoms with Crippen LogP contribution in [0.2, 0.25) is 0 Å². The van der Waals surface area contributed by atoms with Gasteiger partial charge in [-0.1, -0.05) is 30.2 Å². The van der Waals surface area contributed by atoms with Gasteiger partial charge in [0.1, 0.15) is 23.1 Å². The van der Waals surface area contributed by atoms with E-state index >= 15 is 0 Å². The van der Waals surface area contributed by atoms with Gasteiger partial charge in [0.25, 0.3) is 0 Å². The molecule has 1 saturated carbocycles. The fraction of sp³-hybridized carbons (Fsp3) is 0.387. The van der Waals surface area contributed by atoms with E-state index in [-0.39, 0.29) is 24.2 Å². The molecule has 2 fully saturated rings. The van der Waals surface area contributed by atoms with Crippen LogP contribution in [0.1, 0.15) is 55.3 Å². The molecule has 2 aromatic carbocycles. The van der Waals surface area contributed by atoms with Gasteiger partial charge in [-0.05, 0) is 61.4 Å². The molecule has 2 atom stereocenters. The molecule has 1 aromatic heterocycles. The number of nitrogens with zero attached hydrogens (tertiary/aromatic N) is 3. The lowest BCUT2D eigenvalue weighted by Crippen LogP contribution is -2.69. The Hall–Kier alpha value is -3.82. The van der Waals surface area contributed by atoms with Crippen molar-refractivity contribution in [1.29, 1.82) is 0 Å². The monoisotopic (exact) mass is 543 g/mol. The van der Waals surface area contributed by atoms with Crippen LogP contribution in [0.15, 0.2) is 47.6 Å². The zero-order valence-electron chi connectivity index (χ0n) is 23.0. The number of likely N-dealkylation sites (tertiary alicyclic amines) is 1. The number of amides is 1. The maximum Gasteiger partial charge on any atom is 0.224 e. The topological polar surface area (TPSA) is 99.2 Å². The van der Waals surface area contributed by atoms with Crippen molar-refractivity contribution in [2.24, 2.45) is 11.0 Å². The zero-order valence-corrected chi connectivity index (χ0v) is 23.0. The fourth-order valence-corrected chi connectivity index (χ4v) is 6.02. The number of aromatic nitrogens is 2. The average Bonchev–Trinajstić information content (AvgIpc) is 3.50. The number of carbonyl (C=O) groups is 1. The number of rotatable bonds is 9. The van der Waals surface area contributed by atoms with Crippen LogP contribution in [0.5, 0.6) is 5.75 Å². The first-order chi connectivity index (χ1) is 19.5. The lowest BCUT2D eigenvalue weighted by Gasteiger charge is -2.37. The maximum atomic E-state index is 14.5. The molecular formula is C31H36FN6O2+. The van der Waals surface area contributed by atoms with E-state index in [9.17, 15) is 9.18 Å². The molecule has 2 aliphatic heterocycles. The van der Waals surface area contributed by atoms with E-state index in [2.05, 4.69) is 44.6 Å². The first-order valence-corrected chi connectivity index (χ1v) is 14.1. The van der Waals surface area contributed by atoms with Gasteiger partial charge in [0.2, 0.25) is 5.91 Å². The molecular weight excluding hydrogens is 507 g/mol. The summed E-state index contributed by atoms with van der Waals surface area (Å²) in [5.74, 6) is 1.17. The van der Waals surface area contributed by atoms with Crippen LogP contribution in [0.4, 0.5) is 4.39 Å². The molecule has 3 aliphatic rings. The summed E-state index contributed by atoms with van der Waals surface area (Å²) >= 11 is 0. The van der Waals surface area contributed by atoms with Crippen molar-refractivity contribution in [3.05, 3.63) is 75.7 Å². The Balaban J connectivity index is 1.09. The Kier molecular flexibility index (Phi) is 7.49. The van der Waals surface area contributed by atoms with Gasteiger partial charge >= 0.3 is 0 Å². The molecule has 0 radical (unpaired) electrons. The summed E-state index contributed by atoms with van der Waals surface area (Å²) in [7, 11) is 1.56. The second kappa shape index (κ2) is 11.3. The second-order valence-electron chi connectivity index (χ2n) is 11.2. The Morgan fingerprint density at radius 2 is 2.15 bits per heavy atom. The largest absolute Gasteiger partial charge is 0.496 e.